The minimum Gasteiger partial charge on any atom is -0.454 e. The summed E-state index contributed by atoms with van der Waals surface area (Å²) in [6.45, 7) is -0.0282. The van der Waals surface area contributed by atoms with Gasteiger partial charge >= 0.3 is 6.18 Å². The molecular weight excluding hydrogens is 263 g/mol. The molecule has 0 saturated heterocycles. The number of fused-ring (bicyclic) bond motifs is 1. The Hall–Kier alpha value is -1.47. The first-order valence-electron chi connectivity index (χ1n) is 5.81. The monoisotopic (exact) mass is 277 g/mol. The van der Waals surface area contributed by atoms with Gasteiger partial charge in [0.25, 0.3) is 0 Å². The van der Waals surface area contributed by atoms with E-state index in [9.17, 15) is 18.3 Å². The van der Waals surface area contributed by atoms with Crippen molar-refractivity contribution in [1.82, 2.24) is 5.32 Å². The molecule has 1 atom stereocenters. The van der Waals surface area contributed by atoms with Gasteiger partial charge in [0.15, 0.2) is 11.5 Å². The van der Waals surface area contributed by atoms with Gasteiger partial charge in [-0.3, -0.25) is 0 Å². The third-order valence-corrected chi connectivity index (χ3v) is 2.70. The van der Waals surface area contributed by atoms with Crippen molar-refractivity contribution in [3.05, 3.63) is 23.8 Å². The number of aliphatic hydroxyl groups excluding tert-OH is 1. The van der Waals surface area contributed by atoms with Gasteiger partial charge in [-0.05, 0) is 17.7 Å². The fraction of sp³-hybridized carbons (Fsp3) is 0.500. The topological polar surface area (TPSA) is 50.7 Å². The number of ether oxygens (including phenoxy) is 2. The molecule has 0 amide bonds. The molecule has 0 bridgehead atoms. The zero-order chi connectivity index (χ0) is 13.9. The summed E-state index contributed by atoms with van der Waals surface area (Å²) in [5.41, 5.74) is 0.573. The first-order chi connectivity index (χ1) is 8.96. The van der Waals surface area contributed by atoms with E-state index in [4.69, 9.17) is 9.47 Å². The van der Waals surface area contributed by atoms with Crippen molar-refractivity contribution in [1.29, 1.82) is 0 Å². The second-order valence-electron chi connectivity index (χ2n) is 4.20. The van der Waals surface area contributed by atoms with Crippen molar-refractivity contribution in [3.8, 4) is 11.5 Å². The van der Waals surface area contributed by atoms with Crippen LogP contribution >= 0.6 is 0 Å². The van der Waals surface area contributed by atoms with Crippen molar-refractivity contribution in [2.45, 2.75) is 18.7 Å². The lowest BCUT2D eigenvalue weighted by molar-refractivity contribution is -0.133. The number of hydrogen-bond donors (Lipinski definition) is 2. The quantitative estimate of drug-likeness (QED) is 0.808. The van der Waals surface area contributed by atoms with Crippen molar-refractivity contribution in [2.75, 3.05) is 19.9 Å². The third-order valence-electron chi connectivity index (χ3n) is 2.70. The molecule has 0 saturated carbocycles. The summed E-state index contributed by atoms with van der Waals surface area (Å²) < 4.78 is 46.0. The Labute approximate surface area is 108 Å². The molecule has 1 aliphatic heterocycles. The van der Waals surface area contributed by atoms with E-state index in [1.807, 2.05) is 0 Å². The Balaban J connectivity index is 1.81. The zero-order valence-corrected chi connectivity index (χ0v) is 10.0. The number of halogens is 3. The minimum absolute atomic E-state index is 0.0513. The molecule has 2 N–H and O–H groups in total. The molecule has 0 fully saturated rings. The van der Waals surface area contributed by atoms with Crippen LogP contribution in [-0.2, 0) is 0 Å². The number of rotatable bonds is 5. The van der Waals surface area contributed by atoms with Crippen LogP contribution in [0.1, 0.15) is 18.1 Å². The average molecular weight is 277 g/mol. The van der Waals surface area contributed by atoms with Gasteiger partial charge in [-0.25, -0.2) is 0 Å². The fourth-order valence-corrected chi connectivity index (χ4v) is 1.71. The van der Waals surface area contributed by atoms with Crippen LogP contribution < -0.4 is 14.8 Å². The van der Waals surface area contributed by atoms with E-state index < -0.39 is 18.7 Å². The van der Waals surface area contributed by atoms with Crippen LogP contribution in [0, 0.1) is 0 Å². The molecule has 0 aromatic heterocycles. The highest BCUT2D eigenvalue weighted by Gasteiger charge is 2.26. The molecule has 0 spiro atoms. The van der Waals surface area contributed by atoms with E-state index in [-0.39, 0.29) is 19.9 Å². The maximum atomic E-state index is 11.9. The van der Waals surface area contributed by atoms with E-state index in [0.29, 0.717) is 17.1 Å². The summed E-state index contributed by atoms with van der Waals surface area (Å²) in [5.74, 6) is 1.13. The Morgan fingerprint density at radius 3 is 2.74 bits per heavy atom. The largest absolute Gasteiger partial charge is 0.454 e. The normalized spacial score (nSPS) is 15.6. The summed E-state index contributed by atoms with van der Waals surface area (Å²) in [4.78, 5) is 0. The maximum Gasteiger partial charge on any atom is 0.390 e. The van der Waals surface area contributed by atoms with Crippen LogP contribution in [0.25, 0.3) is 0 Å². The van der Waals surface area contributed by atoms with Crippen LogP contribution in [0.4, 0.5) is 13.2 Å². The first-order valence-corrected chi connectivity index (χ1v) is 5.81. The third kappa shape index (κ3) is 4.00. The van der Waals surface area contributed by atoms with Crippen molar-refractivity contribution < 1.29 is 27.8 Å². The number of aliphatic hydroxyl groups is 1. The zero-order valence-electron chi connectivity index (χ0n) is 10.0. The molecule has 1 heterocycles. The Morgan fingerprint density at radius 1 is 1.26 bits per heavy atom. The van der Waals surface area contributed by atoms with Crippen molar-refractivity contribution in [2.24, 2.45) is 0 Å². The van der Waals surface area contributed by atoms with Crippen LogP contribution in [0.15, 0.2) is 18.2 Å². The van der Waals surface area contributed by atoms with Gasteiger partial charge in [0, 0.05) is 13.1 Å². The first kappa shape index (κ1) is 14.0. The van der Waals surface area contributed by atoms with Crippen molar-refractivity contribution >= 4 is 0 Å². The molecular formula is C12H14F3NO3. The summed E-state index contributed by atoms with van der Waals surface area (Å²) in [6.07, 6.45) is -5.99. The highest BCUT2D eigenvalue weighted by molar-refractivity contribution is 5.45. The molecule has 4 nitrogen and oxygen atoms in total. The lowest BCUT2D eigenvalue weighted by atomic mass is 10.1. The summed E-state index contributed by atoms with van der Waals surface area (Å²) >= 11 is 0. The molecule has 1 unspecified atom stereocenters. The van der Waals surface area contributed by atoms with Gasteiger partial charge in [-0.15, -0.1) is 0 Å². The molecule has 0 aliphatic carbocycles. The molecule has 0 radical (unpaired) electrons. The van der Waals surface area contributed by atoms with Crippen molar-refractivity contribution in [3.63, 3.8) is 0 Å². The Kier molecular flexibility index (Phi) is 4.16. The molecule has 106 valence electrons. The van der Waals surface area contributed by atoms with E-state index in [1.54, 1.807) is 18.2 Å². The summed E-state index contributed by atoms with van der Waals surface area (Å²) in [6, 6.07) is 4.94. The Morgan fingerprint density at radius 2 is 2.00 bits per heavy atom. The highest BCUT2D eigenvalue weighted by atomic mass is 19.4. The van der Waals surface area contributed by atoms with E-state index in [1.165, 1.54) is 0 Å². The highest BCUT2D eigenvalue weighted by Crippen LogP contribution is 2.34. The number of alkyl halides is 3. The molecule has 1 aromatic carbocycles. The van der Waals surface area contributed by atoms with Crippen LogP contribution in [0.5, 0.6) is 11.5 Å². The lowest BCUT2D eigenvalue weighted by Gasteiger charge is -2.13. The molecule has 2 rings (SSSR count). The van der Waals surface area contributed by atoms with Crippen LogP contribution in [-0.4, -0.2) is 31.2 Å². The number of hydrogen-bond acceptors (Lipinski definition) is 4. The molecule has 19 heavy (non-hydrogen) atoms. The fourth-order valence-electron chi connectivity index (χ4n) is 1.71. The number of nitrogens with one attached hydrogen (secondary N) is 1. The van der Waals surface area contributed by atoms with Gasteiger partial charge < -0.3 is 19.9 Å². The number of benzene rings is 1. The van der Waals surface area contributed by atoms with E-state index >= 15 is 0 Å². The van der Waals surface area contributed by atoms with Gasteiger partial charge in [0.2, 0.25) is 6.79 Å². The SMILES string of the molecule is OC(CNCCC(F)(F)F)c1ccc2c(c1)OCO2. The van der Waals surface area contributed by atoms with Gasteiger partial charge in [-0.1, -0.05) is 6.07 Å². The Bertz CT molecular complexity index is 437. The van der Waals surface area contributed by atoms with E-state index in [2.05, 4.69) is 5.32 Å². The standard InChI is InChI=1S/C12H14F3NO3/c13-12(14,15)3-4-16-6-9(17)8-1-2-10-11(5-8)19-7-18-10/h1-2,5,9,16-17H,3-4,6-7H2. The van der Waals surface area contributed by atoms with Gasteiger partial charge in [0.1, 0.15) is 0 Å². The van der Waals surface area contributed by atoms with Crippen LogP contribution in [0.3, 0.4) is 0 Å². The lowest BCUT2D eigenvalue weighted by Crippen LogP contribution is -2.26. The molecule has 1 aliphatic rings. The van der Waals surface area contributed by atoms with Gasteiger partial charge in [0.05, 0.1) is 12.5 Å². The van der Waals surface area contributed by atoms with Crippen LogP contribution in [0.2, 0.25) is 0 Å². The minimum atomic E-state index is -4.18. The molecule has 1 aromatic rings. The van der Waals surface area contributed by atoms with E-state index in [0.717, 1.165) is 0 Å². The second kappa shape index (κ2) is 5.66. The smallest absolute Gasteiger partial charge is 0.390 e. The average Bonchev–Trinajstić information content (AvgIpc) is 2.80. The summed E-state index contributed by atoms with van der Waals surface area (Å²) in [5, 5.41) is 12.4. The summed E-state index contributed by atoms with van der Waals surface area (Å²) in [7, 11) is 0. The van der Waals surface area contributed by atoms with Gasteiger partial charge in [-0.2, -0.15) is 13.2 Å². The maximum absolute atomic E-state index is 11.9. The predicted octanol–water partition coefficient (Wildman–Crippen LogP) is 1.99. The predicted molar refractivity (Wildman–Crippen MR) is 61.1 cm³/mol. The second-order valence-corrected chi connectivity index (χ2v) is 4.20. The molecule has 7 heteroatoms.